The molecule has 0 amide bonds. The van der Waals surface area contributed by atoms with Gasteiger partial charge in [0, 0.05) is 93.1 Å². The Kier molecular flexibility index (Phi) is 23.2. The number of aryl methyl sites for hydroxylation is 4. The molecule has 2 aliphatic heterocycles. The number of carbonyl (C=O) groups excluding carboxylic acids is 1. The molecule has 1 N–H and O–H groups in total. The molecule has 22 heteroatoms. The number of aromatic amines is 1. The van der Waals surface area contributed by atoms with Crippen molar-refractivity contribution in [1.29, 1.82) is 0 Å². The number of fused-ring (bicyclic) bond motifs is 6. The highest BCUT2D eigenvalue weighted by Gasteiger charge is 2.41. The molecule has 4 aliphatic carbocycles. The van der Waals surface area contributed by atoms with Gasteiger partial charge in [0.2, 0.25) is 0 Å². The Bertz CT molecular complexity index is 3200. The number of methoxy groups -OCH3 is 6. The molecular formula is C61H84FN9O12. The van der Waals surface area contributed by atoms with Gasteiger partial charge < -0.3 is 38.0 Å². The summed E-state index contributed by atoms with van der Waals surface area (Å²) in [5.41, 5.74) is 7.58. The lowest BCUT2D eigenvalue weighted by molar-refractivity contribution is -0.108. The summed E-state index contributed by atoms with van der Waals surface area (Å²) < 4.78 is 55.8. The average molecular weight is 1150 g/mol. The number of hydrogen-bond acceptors (Lipinski definition) is 17. The largest absolute Gasteiger partial charge is 0.468 e. The van der Waals surface area contributed by atoms with Gasteiger partial charge in [0.25, 0.3) is 46.3 Å². The molecule has 2 fully saturated rings. The van der Waals surface area contributed by atoms with Gasteiger partial charge in [0.05, 0.1) is 63.9 Å². The van der Waals surface area contributed by atoms with E-state index >= 15 is 0 Å². The quantitative estimate of drug-likeness (QED) is 0.0697. The number of aldehydes is 1. The van der Waals surface area contributed by atoms with Gasteiger partial charge in [-0.1, -0.05) is 18.2 Å². The first kappa shape index (κ1) is 62.4. The Morgan fingerprint density at radius 3 is 1.51 bits per heavy atom. The minimum atomic E-state index is -0.331. The van der Waals surface area contributed by atoms with Gasteiger partial charge in [-0.2, -0.15) is 0 Å². The van der Waals surface area contributed by atoms with Gasteiger partial charge in [-0.3, -0.25) is 42.8 Å². The molecular weight excluding hydrogens is 1070 g/mol. The molecule has 2 saturated heterocycles. The molecule has 83 heavy (non-hydrogen) atoms. The Balaban J connectivity index is 0.000000155. The van der Waals surface area contributed by atoms with Crippen LogP contribution in [0.15, 0.2) is 43.4 Å². The van der Waals surface area contributed by atoms with Gasteiger partial charge in [-0.15, -0.1) is 0 Å². The lowest BCUT2D eigenvalue weighted by Crippen LogP contribution is -2.46. The van der Waals surface area contributed by atoms with Crippen molar-refractivity contribution in [1.82, 2.24) is 43.5 Å². The van der Waals surface area contributed by atoms with E-state index in [0.717, 1.165) is 180 Å². The summed E-state index contributed by atoms with van der Waals surface area (Å²) in [6.45, 7) is 2.73. The predicted molar refractivity (Wildman–Crippen MR) is 309 cm³/mol. The van der Waals surface area contributed by atoms with Crippen LogP contribution in [0.5, 0.6) is 24.0 Å². The third-order valence-electron chi connectivity index (χ3n) is 16.8. The average Bonchev–Trinajstić information content (AvgIpc) is 3.89. The fourth-order valence-electron chi connectivity index (χ4n) is 12.5. The van der Waals surface area contributed by atoms with Crippen LogP contribution in [-0.4, -0.2) is 123 Å². The first-order chi connectivity index (χ1) is 40.4. The zero-order valence-electron chi connectivity index (χ0n) is 49.3. The molecule has 2 unspecified atom stereocenters. The lowest BCUT2D eigenvalue weighted by Gasteiger charge is -2.39. The number of halogens is 1. The van der Waals surface area contributed by atoms with Crippen LogP contribution >= 0.6 is 0 Å². The lowest BCUT2D eigenvalue weighted by atomic mass is 9.97. The van der Waals surface area contributed by atoms with E-state index in [9.17, 15) is 28.4 Å². The van der Waals surface area contributed by atoms with E-state index in [0.29, 0.717) is 80.8 Å². The smallest absolute Gasteiger partial charge is 0.299 e. The van der Waals surface area contributed by atoms with Crippen LogP contribution in [0.25, 0.3) is 0 Å². The summed E-state index contributed by atoms with van der Waals surface area (Å²) in [4.78, 5) is 82.6. The molecule has 21 nitrogen and oxygen atoms in total. The molecule has 1 aromatic carbocycles. The van der Waals surface area contributed by atoms with E-state index in [4.69, 9.17) is 33.2 Å². The third-order valence-corrected chi connectivity index (χ3v) is 16.8. The van der Waals surface area contributed by atoms with Crippen LogP contribution in [0, 0.1) is 5.82 Å². The molecule has 6 aliphatic rings. The maximum Gasteiger partial charge on any atom is 0.299 e. The van der Waals surface area contributed by atoms with E-state index in [2.05, 4.69) is 29.8 Å². The van der Waals surface area contributed by atoms with Crippen LogP contribution in [0.3, 0.4) is 0 Å². The van der Waals surface area contributed by atoms with Crippen molar-refractivity contribution in [3.8, 4) is 24.0 Å². The van der Waals surface area contributed by atoms with Crippen LogP contribution in [0.1, 0.15) is 147 Å². The molecule has 2 atom stereocenters. The molecule has 0 saturated carbocycles. The van der Waals surface area contributed by atoms with Crippen molar-refractivity contribution >= 4 is 6.29 Å². The summed E-state index contributed by atoms with van der Waals surface area (Å²) in [6.07, 6.45) is 22.1. The molecule has 0 radical (unpaired) electrons. The highest BCUT2D eigenvalue weighted by atomic mass is 19.1. The second kappa shape index (κ2) is 30.8. The molecule has 0 spiro atoms. The van der Waals surface area contributed by atoms with Crippen molar-refractivity contribution < 1.29 is 42.3 Å². The zero-order valence-corrected chi connectivity index (χ0v) is 49.3. The number of rotatable bonds is 19. The summed E-state index contributed by atoms with van der Waals surface area (Å²) in [5, 5.41) is 0. The summed E-state index contributed by atoms with van der Waals surface area (Å²) in [7, 11) is 9.30. The number of nitrogens with one attached hydrogen (secondary N) is 1. The number of aromatic nitrogens is 8. The first-order valence-corrected chi connectivity index (χ1v) is 29.7. The van der Waals surface area contributed by atoms with Crippen LogP contribution < -0.4 is 41.2 Å². The van der Waals surface area contributed by atoms with Crippen molar-refractivity contribution in [2.24, 2.45) is 0 Å². The number of benzene rings is 1. The van der Waals surface area contributed by atoms with E-state index in [1.54, 1.807) is 42.6 Å². The van der Waals surface area contributed by atoms with Crippen molar-refractivity contribution in [3.05, 3.63) is 122 Å². The van der Waals surface area contributed by atoms with Gasteiger partial charge in [-0.05, 0) is 141 Å². The van der Waals surface area contributed by atoms with E-state index in [1.165, 1.54) is 44.8 Å². The van der Waals surface area contributed by atoms with Crippen LogP contribution in [-0.2, 0) is 96.6 Å². The highest BCUT2D eigenvalue weighted by molar-refractivity contribution is 5.49. The second-order valence-electron chi connectivity index (χ2n) is 21.9. The molecule has 11 rings (SSSR count). The van der Waals surface area contributed by atoms with Gasteiger partial charge in [0.15, 0.2) is 6.29 Å². The standard InChI is InChI=1S/C26H34FN3O3.C14H22N2O4.C12H16N2O3.C9H12N2O2/c1-32-26-28-24-10-5-3-8-22(24)25(31)30(26)14-6-13-29-19-11-12-20(29)16-21(15-19)33-17-18-7-2-4-9-23(18)27;1-18-12(19-2)8-9-16-13(17)10-6-4-5-7-11(10)15-14(16)20-3;1-17-12-13-10-6-3-2-5-9(10)11(16)14(12)7-4-8-15;1-13-9-10-7-5-3-2-4-6(7)8(12)11-9/h2,4,7,9,19-21H,3,5-6,8,10-17H2,1H3;12H,4-9H2,1-3H3;8H,2-7H2,1H3;2-5H2,1H3,(H,10,11,12). The minimum Gasteiger partial charge on any atom is -0.468 e. The summed E-state index contributed by atoms with van der Waals surface area (Å²) in [6, 6.07) is 9.33. The van der Waals surface area contributed by atoms with E-state index in [-0.39, 0.29) is 40.4 Å². The predicted octanol–water partition coefficient (Wildman–Crippen LogP) is 6.39. The number of carbonyl (C=O) groups is 1. The fraction of sp³-hybridized carbons (Fsp3) is 0.623. The van der Waals surface area contributed by atoms with Gasteiger partial charge in [-0.25, -0.2) is 24.3 Å². The van der Waals surface area contributed by atoms with Crippen molar-refractivity contribution in [2.75, 3.05) is 49.2 Å². The Hall–Kier alpha value is -6.62. The van der Waals surface area contributed by atoms with Crippen LogP contribution in [0.2, 0.25) is 0 Å². The number of piperidine rings is 1. The monoisotopic (exact) mass is 1150 g/mol. The van der Waals surface area contributed by atoms with Crippen molar-refractivity contribution in [2.45, 2.75) is 198 Å². The maximum absolute atomic E-state index is 13.9. The molecule has 6 heterocycles. The molecule has 452 valence electrons. The Labute approximate surface area is 484 Å². The minimum absolute atomic E-state index is 0.0116. The second-order valence-corrected chi connectivity index (χ2v) is 21.9. The molecule has 2 bridgehead atoms. The normalized spacial score (nSPS) is 18.5. The number of H-pyrrole nitrogens is 1. The zero-order chi connectivity index (χ0) is 58.8. The first-order valence-electron chi connectivity index (χ1n) is 29.7. The van der Waals surface area contributed by atoms with E-state index in [1.807, 2.05) is 6.07 Å². The third kappa shape index (κ3) is 15.6. The molecule has 5 aromatic rings. The summed E-state index contributed by atoms with van der Waals surface area (Å²) >= 11 is 0. The Morgan fingerprint density at radius 2 is 1.04 bits per heavy atom. The molecule has 4 aromatic heterocycles. The number of nitrogens with zero attached hydrogens (tertiary/aromatic N) is 8. The number of ether oxygens (including phenoxy) is 7. The fourth-order valence-corrected chi connectivity index (χ4v) is 12.5. The maximum atomic E-state index is 13.9. The number of hydrogen-bond donors (Lipinski definition) is 1. The van der Waals surface area contributed by atoms with Gasteiger partial charge >= 0.3 is 0 Å². The van der Waals surface area contributed by atoms with E-state index < -0.39 is 0 Å². The van der Waals surface area contributed by atoms with Gasteiger partial charge in [0.1, 0.15) is 12.1 Å². The topological polar surface area (TPSA) is 235 Å². The SMILES string of the molecule is COc1nc2c(c(=O)[nH]1)CCCC2.COc1nc2c(c(=O)n1CCC(OC)OC)CCCC2.COc1nc2c(c(=O)n1CCC=O)CCCC2.COc1nc2c(c(=O)n1CCCN1C3CCC1CC(OCc1ccccc1F)C3)CCCC2. The van der Waals surface area contributed by atoms with Crippen molar-refractivity contribution in [3.63, 3.8) is 0 Å². The van der Waals surface area contributed by atoms with Crippen LogP contribution in [0.4, 0.5) is 4.39 Å². The Morgan fingerprint density at radius 1 is 0.578 bits per heavy atom. The highest BCUT2D eigenvalue weighted by Crippen LogP contribution is 2.37. The summed E-state index contributed by atoms with van der Waals surface area (Å²) in [5.74, 6) is -0.194.